The third kappa shape index (κ3) is 3.43. The van der Waals surface area contributed by atoms with Crippen LogP contribution in [-0.2, 0) is 9.53 Å². The molecule has 1 saturated heterocycles. The number of imidazole rings is 1. The molecule has 0 bridgehead atoms. The van der Waals surface area contributed by atoms with Gasteiger partial charge in [0.25, 0.3) is 5.91 Å². The predicted octanol–water partition coefficient (Wildman–Crippen LogP) is 3.16. The molecule has 7 nitrogen and oxygen atoms in total. The van der Waals surface area contributed by atoms with E-state index < -0.39 is 0 Å². The van der Waals surface area contributed by atoms with Gasteiger partial charge in [-0.25, -0.2) is 14.4 Å². The second kappa shape index (κ2) is 7.54. The van der Waals surface area contributed by atoms with Gasteiger partial charge in [0.15, 0.2) is 0 Å². The minimum absolute atomic E-state index is 0.0339. The van der Waals surface area contributed by atoms with E-state index in [1.165, 1.54) is 12.1 Å². The van der Waals surface area contributed by atoms with Gasteiger partial charge in [-0.05, 0) is 48.8 Å². The fraction of sp³-hybridized carbons (Fsp3) is 0.261. The summed E-state index contributed by atoms with van der Waals surface area (Å²) in [4.78, 5) is 23.5. The van der Waals surface area contributed by atoms with Crippen LogP contribution in [0.2, 0.25) is 0 Å². The van der Waals surface area contributed by atoms with Crippen molar-refractivity contribution in [1.29, 1.82) is 0 Å². The number of aromatic nitrogens is 2. The van der Waals surface area contributed by atoms with Gasteiger partial charge in [0, 0.05) is 12.7 Å². The summed E-state index contributed by atoms with van der Waals surface area (Å²) in [6, 6.07) is 6.04. The van der Waals surface area contributed by atoms with Crippen LogP contribution in [0.4, 0.5) is 4.39 Å². The van der Waals surface area contributed by atoms with Crippen molar-refractivity contribution in [2.24, 2.45) is 4.99 Å². The largest absolute Gasteiger partial charge is 0.499 e. The van der Waals surface area contributed by atoms with Crippen LogP contribution in [0.3, 0.4) is 0 Å². The number of amides is 1. The monoisotopic (exact) mass is 419 g/mol. The number of halogens is 1. The minimum Gasteiger partial charge on any atom is -0.499 e. The van der Waals surface area contributed by atoms with Gasteiger partial charge >= 0.3 is 0 Å². The van der Waals surface area contributed by atoms with Crippen molar-refractivity contribution < 1.29 is 13.9 Å². The molecule has 1 aromatic carbocycles. The lowest BCUT2D eigenvalue weighted by molar-refractivity contribution is -0.123. The Balaban J connectivity index is 1.38. The molecule has 1 aliphatic carbocycles. The first kappa shape index (κ1) is 19.3. The van der Waals surface area contributed by atoms with E-state index in [4.69, 9.17) is 4.74 Å². The minimum atomic E-state index is -0.300. The summed E-state index contributed by atoms with van der Waals surface area (Å²) in [5.41, 5.74) is 3.05. The first-order valence-corrected chi connectivity index (χ1v) is 10.1. The highest BCUT2D eigenvalue weighted by molar-refractivity contribution is 6.13. The zero-order chi connectivity index (χ0) is 21.5. The molecule has 2 unspecified atom stereocenters. The number of guanidine groups is 1. The topological polar surface area (TPSA) is 71.8 Å². The molecule has 1 fully saturated rings. The maximum Gasteiger partial charge on any atom is 0.279 e. The molecule has 0 saturated carbocycles. The van der Waals surface area contributed by atoms with Crippen LogP contribution in [0.15, 0.2) is 77.0 Å². The van der Waals surface area contributed by atoms with Crippen molar-refractivity contribution >= 4 is 11.9 Å². The number of benzene rings is 1. The first-order chi connectivity index (χ1) is 15.0. The number of nitrogens with one attached hydrogen (secondary N) is 1. The summed E-state index contributed by atoms with van der Waals surface area (Å²) >= 11 is 0. The van der Waals surface area contributed by atoms with Crippen molar-refractivity contribution in [1.82, 2.24) is 19.8 Å². The number of methoxy groups -OCH3 is 1. The van der Waals surface area contributed by atoms with E-state index in [0.29, 0.717) is 18.2 Å². The summed E-state index contributed by atoms with van der Waals surface area (Å²) in [6.45, 7) is 2.50. The molecule has 2 aliphatic heterocycles. The number of aryl methyl sites for hydroxylation is 1. The number of carbonyl (C=O) groups is 1. The van der Waals surface area contributed by atoms with Crippen LogP contribution in [-0.4, -0.2) is 40.0 Å². The van der Waals surface area contributed by atoms with E-state index in [-0.39, 0.29) is 23.8 Å². The lowest BCUT2D eigenvalue weighted by Crippen LogP contribution is -2.32. The molecule has 8 heteroatoms. The Bertz CT molecular complexity index is 1160. The molecule has 2 aromatic rings. The number of ether oxygens (including phenoxy) is 1. The molecule has 3 aliphatic rings. The van der Waals surface area contributed by atoms with Crippen LogP contribution < -0.4 is 5.32 Å². The Morgan fingerprint density at radius 3 is 2.77 bits per heavy atom. The lowest BCUT2D eigenvalue weighted by Gasteiger charge is -2.23. The van der Waals surface area contributed by atoms with Crippen LogP contribution in [0.25, 0.3) is 0 Å². The Morgan fingerprint density at radius 2 is 2.06 bits per heavy atom. The van der Waals surface area contributed by atoms with E-state index in [2.05, 4.69) is 21.4 Å². The Labute approximate surface area is 179 Å². The summed E-state index contributed by atoms with van der Waals surface area (Å²) < 4.78 is 20.9. The molecule has 158 valence electrons. The van der Waals surface area contributed by atoms with Crippen LogP contribution in [0, 0.1) is 12.7 Å². The van der Waals surface area contributed by atoms with Gasteiger partial charge in [-0.1, -0.05) is 18.2 Å². The molecule has 2 atom stereocenters. The van der Waals surface area contributed by atoms with E-state index in [1.807, 2.05) is 23.8 Å². The van der Waals surface area contributed by atoms with E-state index in [0.717, 1.165) is 29.0 Å². The number of aliphatic imine (C=N–C) groups is 1. The second-order valence-corrected chi connectivity index (χ2v) is 7.76. The van der Waals surface area contributed by atoms with Crippen molar-refractivity contribution in [2.75, 3.05) is 13.7 Å². The molecule has 5 rings (SSSR count). The maximum absolute atomic E-state index is 13.3. The van der Waals surface area contributed by atoms with Crippen LogP contribution in [0.1, 0.15) is 29.8 Å². The molecule has 31 heavy (non-hydrogen) atoms. The van der Waals surface area contributed by atoms with Crippen molar-refractivity contribution in [2.45, 2.75) is 25.4 Å². The Hall–Kier alpha value is -3.68. The fourth-order valence-electron chi connectivity index (χ4n) is 4.19. The molecule has 0 radical (unpaired) electrons. The number of hydrogen-bond donors (Lipinski definition) is 1. The molecular formula is C23H22FN5O2. The van der Waals surface area contributed by atoms with Crippen molar-refractivity contribution in [3.8, 4) is 0 Å². The average molecular weight is 419 g/mol. The van der Waals surface area contributed by atoms with E-state index in [1.54, 1.807) is 36.5 Å². The molecule has 0 spiro atoms. The zero-order valence-electron chi connectivity index (χ0n) is 17.2. The molecule has 1 N–H and O–H groups in total. The van der Waals surface area contributed by atoms with Gasteiger partial charge in [0.05, 0.1) is 31.2 Å². The van der Waals surface area contributed by atoms with E-state index in [9.17, 15) is 9.18 Å². The van der Waals surface area contributed by atoms with E-state index >= 15 is 0 Å². The first-order valence-electron chi connectivity index (χ1n) is 10.1. The third-order valence-corrected chi connectivity index (χ3v) is 5.76. The number of rotatable bonds is 4. The molecule has 1 amide bonds. The number of allylic oxidation sites excluding steroid dienone is 5. The van der Waals surface area contributed by atoms with Crippen molar-refractivity contribution in [3.63, 3.8) is 0 Å². The van der Waals surface area contributed by atoms with Gasteiger partial charge in [-0.2, -0.15) is 0 Å². The summed E-state index contributed by atoms with van der Waals surface area (Å²) in [7, 11) is 1.65. The quantitative estimate of drug-likeness (QED) is 0.773. The molecular weight excluding hydrogens is 397 g/mol. The highest BCUT2D eigenvalue weighted by Crippen LogP contribution is 2.33. The van der Waals surface area contributed by atoms with Gasteiger partial charge < -0.3 is 14.6 Å². The summed E-state index contributed by atoms with van der Waals surface area (Å²) in [5, 5.41) is 3.18. The Morgan fingerprint density at radius 1 is 1.26 bits per heavy atom. The van der Waals surface area contributed by atoms with Crippen molar-refractivity contribution in [3.05, 3.63) is 89.1 Å². The highest BCUT2D eigenvalue weighted by atomic mass is 19.1. The lowest BCUT2D eigenvalue weighted by atomic mass is 9.99. The molecule has 1 aromatic heterocycles. The third-order valence-electron chi connectivity index (χ3n) is 5.76. The SMILES string of the molecule is COC1=CC(/C=C2\N=C3NCC(c4ccc(F)cc4)N3C2=O)=CCC1n1cnc(C)c1. The standard InChI is InChI=1S/C23H22FN5O2/c1-14-12-28(13-26-14)19-8-3-15(10-21(19)31-2)9-18-22(30)29-20(11-25-23(29)27-18)16-4-6-17(24)7-5-16/h3-7,9-10,12-13,19-20H,8,11H2,1-2H3,(H,25,27)/b18-9-. The van der Waals surface area contributed by atoms with Crippen LogP contribution in [0.5, 0.6) is 0 Å². The smallest absolute Gasteiger partial charge is 0.279 e. The highest BCUT2D eigenvalue weighted by Gasteiger charge is 2.41. The second-order valence-electron chi connectivity index (χ2n) is 7.76. The van der Waals surface area contributed by atoms with Gasteiger partial charge in [0.2, 0.25) is 5.96 Å². The number of carbonyl (C=O) groups excluding carboxylic acids is 1. The Kier molecular flexibility index (Phi) is 4.69. The number of fused-ring (bicyclic) bond motifs is 1. The maximum atomic E-state index is 13.3. The molecule has 3 heterocycles. The number of hydrogen-bond acceptors (Lipinski definition) is 5. The zero-order valence-corrected chi connectivity index (χ0v) is 17.2. The van der Waals surface area contributed by atoms with Gasteiger partial charge in [0.1, 0.15) is 17.3 Å². The van der Waals surface area contributed by atoms with Crippen LogP contribution >= 0.6 is 0 Å². The fourth-order valence-corrected chi connectivity index (χ4v) is 4.19. The summed E-state index contributed by atoms with van der Waals surface area (Å²) in [5.74, 6) is 0.860. The normalized spacial score (nSPS) is 24.0. The van der Waals surface area contributed by atoms with Gasteiger partial charge in [-0.3, -0.25) is 9.69 Å². The van der Waals surface area contributed by atoms with Gasteiger partial charge in [-0.15, -0.1) is 0 Å². The summed E-state index contributed by atoms with van der Waals surface area (Å²) in [6.07, 6.45) is 10.3. The number of nitrogens with zero attached hydrogens (tertiary/aromatic N) is 4. The predicted molar refractivity (Wildman–Crippen MR) is 113 cm³/mol. The average Bonchev–Trinajstić information content (AvgIpc) is 3.46.